The lowest BCUT2D eigenvalue weighted by atomic mass is 10.1. The molecule has 0 saturated carbocycles. The molecule has 3 rings (SSSR count). The lowest BCUT2D eigenvalue weighted by molar-refractivity contribution is 0.0916. The standard InChI is InChI=1S/C15H14Cl2N4O2/c16-9-2-1-8(5-10(9)17)11-6-12(19-7-18-11)15(23)21-13-3-4-14(22)20-13/h1-2,5-7,13-14,20,22H,3-4H2,(H,21,23). The van der Waals surface area contributed by atoms with E-state index in [1.165, 1.54) is 6.33 Å². The molecule has 6 nitrogen and oxygen atoms in total. The van der Waals surface area contributed by atoms with Gasteiger partial charge in [0, 0.05) is 5.56 Å². The van der Waals surface area contributed by atoms with Gasteiger partial charge in [-0.05, 0) is 31.0 Å². The van der Waals surface area contributed by atoms with Gasteiger partial charge in [-0.3, -0.25) is 10.1 Å². The maximum atomic E-state index is 12.2. The lowest BCUT2D eigenvalue weighted by Gasteiger charge is -2.13. The van der Waals surface area contributed by atoms with Crippen molar-refractivity contribution in [3.63, 3.8) is 0 Å². The first-order valence-corrected chi connectivity index (χ1v) is 7.81. The van der Waals surface area contributed by atoms with Crippen LogP contribution >= 0.6 is 23.2 Å². The Kier molecular flexibility index (Phi) is 4.77. The van der Waals surface area contributed by atoms with Gasteiger partial charge in [0.05, 0.1) is 21.9 Å². The fraction of sp³-hybridized carbons (Fsp3) is 0.267. The fourth-order valence-electron chi connectivity index (χ4n) is 2.36. The number of nitrogens with one attached hydrogen (secondary N) is 2. The normalized spacial score (nSPS) is 20.5. The highest BCUT2D eigenvalue weighted by atomic mass is 35.5. The van der Waals surface area contributed by atoms with Crippen LogP contribution in [0, 0.1) is 0 Å². The van der Waals surface area contributed by atoms with E-state index in [0.717, 1.165) is 5.56 Å². The maximum absolute atomic E-state index is 12.2. The average Bonchev–Trinajstić information content (AvgIpc) is 2.95. The molecule has 0 aliphatic carbocycles. The zero-order chi connectivity index (χ0) is 16.4. The Labute approximate surface area is 142 Å². The molecule has 2 unspecified atom stereocenters. The number of amides is 1. The first-order chi connectivity index (χ1) is 11.0. The molecule has 1 aromatic heterocycles. The Morgan fingerprint density at radius 3 is 2.74 bits per heavy atom. The monoisotopic (exact) mass is 352 g/mol. The van der Waals surface area contributed by atoms with Gasteiger partial charge in [0.2, 0.25) is 0 Å². The minimum Gasteiger partial charge on any atom is -0.379 e. The van der Waals surface area contributed by atoms with Crippen LogP contribution in [0.2, 0.25) is 10.0 Å². The molecule has 1 saturated heterocycles. The van der Waals surface area contributed by atoms with E-state index in [-0.39, 0.29) is 17.8 Å². The van der Waals surface area contributed by atoms with E-state index in [1.807, 2.05) is 0 Å². The smallest absolute Gasteiger partial charge is 0.271 e. The van der Waals surface area contributed by atoms with E-state index in [9.17, 15) is 9.90 Å². The van der Waals surface area contributed by atoms with Crippen LogP contribution in [0.4, 0.5) is 0 Å². The summed E-state index contributed by atoms with van der Waals surface area (Å²) in [7, 11) is 0. The van der Waals surface area contributed by atoms with Crippen LogP contribution in [-0.4, -0.2) is 33.4 Å². The molecule has 8 heteroatoms. The highest BCUT2D eigenvalue weighted by molar-refractivity contribution is 6.42. The lowest BCUT2D eigenvalue weighted by Crippen LogP contribution is -2.43. The molecule has 1 aliphatic rings. The van der Waals surface area contributed by atoms with Crippen molar-refractivity contribution in [1.29, 1.82) is 0 Å². The van der Waals surface area contributed by atoms with Crippen LogP contribution in [-0.2, 0) is 0 Å². The van der Waals surface area contributed by atoms with Gasteiger partial charge in [0.15, 0.2) is 0 Å². The molecular weight excluding hydrogens is 339 g/mol. The number of nitrogens with zero attached hydrogens (tertiary/aromatic N) is 2. The van der Waals surface area contributed by atoms with Gasteiger partial charge in [-0.15, -0.1) is 0 Å². The molecule has 3 N–H and O–H groups in total. The maximum Gasteiger partial charge on any atom is 0.271 e. The highest BCUT2D eigenvalue weighted by Gasteiger charge is 2.23. The quantitative estimate of drug-likeness (QED) is 0.788. The summed E-state index contributed by atoms with van der Waals surface area (Å²) in [6, 6.07) is 6.71. The van der Waals surface area contributed by atoms with E-state index in [0.29, 0.717) is 28.6 Å². The number of aliphatic hydroxyl groups excluding tert-OH is 1. The molecule has 1 fully saturated rings. The number of benzene rings is 1. The van der Waals surface area contributed by atoms with Crippen molar-refractivity contribution in [3.05, 3.63) is 46.3 Å². The SMILES string of the molecule is O=C(NC1CCC(O)N1)c1cc(-c2ccc(Cl)c(Cl)c2)ncn1. The summed E-state index contributed by atoms with van der Waals surface area (Å²) in [5, 5.41) is 15.9. The Hall–Kier alpha value is -1.73. The van der Waals surface area contributed by atoms with Crippen LogP contribution in [0.5, 0.6) is 0 Å². The van der Waals surface area contributed by atoms with Crippen molar-refractivity contribution < 1.29 is 9.90 Å². The van der Waals surface area contributed by atoms with E-state index in [2.05, 4.69) is 20.6 Å². The van der Waals surface area contributed by atoms with E-state index >= 15 is 0 Å². The fourth-order valence-corrected chi connectivity index (χ4v) is 2.66. The molecule has 120 valence electrons. The Morgan fingerprint density at radius 2 is 2.04 bits per heavy atom. The summed E-state index contributed by atoms with van der Waals surface area (Å²) in [6.07, 6.45) is 1.74. The average molecular weight is 353 g/mol. The van der Waals surface area contributed by atoms with Crippen LogP contribution in [0.3, 0.4) is 0 Å². The number of carbonyl (C=O) groups excluding carboxylic acids is 1. The number of carbonyl (C=O) groups is 1. The van der Waals surface area contributed by atoms with Gasteiger partial charge < -0.3 is 10.4 Å². The molecule has 2 atom stereocenters. The summed E-state index contributed by atoms with van der Waals surface area (Å²) >= 11 is 11.9. The summed E-state index contributed by atoms with van der Waals surface area (Å²) < 4.78 is 0. The number of halogens is 2. The first-order valence-electron chi connectivity index (χ1n) is 7.05. The van der Waals surface area contributed by atoms with Gasteiger partial charge in [0.25, 0.3) is 5.91 Å². The summed E-state index contributed by atoms with van der Waals surface area (Å²) in [4.78, 5) is 20.4. The number of rotatable bonds is 3. The van der Waals surface area contributed by atoms with Crippen molar-refractivity contribution in [2.24, 2.45) is 0 Å². The molecule has 0 radical (unpaired) electrons. The van der Waals surface area contributed by atoms with Crippen LogP contribution < -0.4 is 10.6 Å². The first kappa shape index (κ1) is 16.1. The molecular formula is C15H14Cl2N4O2. The number of hydrogen-bond acceptors (Lipinski definition) is 5. The zero-order valence-corrected chi connectivity index (χ0v) is 13.5. The molecule has 2 heterocycles. The summed E-state index contributed by atoms with van der Waals surface area (Å²) in [6.45, 7) is 0. The van der Waals surface area contributed by atoms with Crippen molar-refractivity contribution >= 4 is 29.1 Å². The minimum absolute atomic E-state index is 0.240. The van der Waals surface area contributed by atoms with Crippen molar-refractivity contribution in [2.75, 3.05) is 0 Å². The molecule has 0 bridgehead atoms. The molecule has 0 spiro atoms. The highest BCUT2D eigenvalue weighted by Crippen LogP contribution is 2.27. The molecule has 2 aromatic rings. The molecule has 23 heavy (non-hydrogen) atoms. The van der Waals surface area contributed by atoms with E-state index in [4.69, 9.17) is 23.2 Å². The summed E-state index contributed by atoms with van der Waals surface area (Å²) in [5.41, 5.74) is 1.55. The third-order valence-electron chi connectivity index (χ3n) is 3.54. The number of aliphatic hydroxyl groups is 1. The minimum atomic E-state index is -0.586. The van der Waals surface area contributed by atoms with Crippen LogP contribution in [0.1, 0.15) is 23.3 Å². The van der Waals surface area contributed by atoms with E-state index < -0.39 is 6.23 Å². The third-order valence-corrected chi connectivity index (χ3v) is 4.28. The second-order valence-electron chi connectivity index (χ2n) is 5.20. The van der Waals surface area contributed by atoms with Gasteiger partial charge in [-0.2, -0.15) is 0 Å². The summed E-state index contributed by atoms with van der Waals surface area (Å²) in [5.74, 6) is -0.333. The van der Waals surface area contributed by atoms with Gasteiger partial charge >= 0.3 is 0 Å². The molecule has 1 aromatic carbocycles. The van der Waals surface area contributed by atoms with Crippen molar-refractivity contribution in [2.45, 2.75) is 25.2 Å². The zero-order valence-electron chi connectivity index (χ0n) is 12.0. The Bertz CT molecular complexity index is 741. The number of hydrogen-bond donors (Lipinski definition) is 3. The van der Waals surface area contributed by atoms with Gasteiger partial charge in [-0.25, -0.2) is 9.97 Å². The second kappa shape index (κ2) is 6.80. The number of aromatic nitrogens is 2. The Morgan fingerprint density at radius 1 is 1.22 bits per heavy atom. The molecule has 1 amide bonds. The molecule has 1 aliphatic heterocycles. The van der Waals surface area contributed by atoms with E-state index in [1.54, 1.807) is 24.3 Å². The predicted molar refractivity (Wildman–Crippen MR) is 87.1 cm³/mol. The Balaban J connectivity index is 1.79. The largest absolute Gasteiger partial charge is 0.379 e. The topological polar surface area (TPSA) is 87.1 Å². The van der Waals surface area contributed by atoms with Crippen molar-refractivity contribution in [1.82, 2.24) is 20.6 Å². The second-order valence-corrected chi connectivity index (χ2v) is 6.02. The van der Waals surface area contributed by atoms with Gasteiger partial charge in [0.1, 0.15) is 18.2 Å². The third kappa shape index (κ3) is 3.79. The van der Waals surface area contributed by atoms with Crippen LogP contribution in [0.15, 0.2) is 30.6 Å². The van der Waals surface area contributed by atoms with Crippen LogP contribution in [0.25, 0.3) is 11.3 Å². The van der Waals surface area contributed by atoms with Gasteiger partial charge in [-0.1, -0.05) is 29.3 Å². The predicted octanol–water partition coefficient (Wildman–Crippen LogP) is 2.21. The van der Waals surface area contributed by atoms with Crippen molar-refractivity contribution in [3.8, 4) is 11.3 Å².